The van der Waals surface area contributed by atoms with Crippen LogP contribution >= 0.6 is 11.6 Å². The molecule has 0 aliphatic carbocycles. The fraction of sp³-hybridized carbons (Fsp3) is 0.348. The lowest BCUT2D eigenvalue weighted by molar-refractivity contribution is -0.137. The summed E-state index contributed by atoms with van der Waals surface area (Å²) >= 11 is 5.64. The van der Waals surface area contributed by atoms with Crippen molar-refractivity contribution >= 4 is 29.3 Å². The lowest BCUT2D eigenvalue weighted by atomic mass is 10.1. The molecule has 1 aliphatic rings. The Labute approximate surface area is 185 Å². The van der Waals surface area contributed by atoms with Gasteiger partial charge in [0.2, 0.25) is 5.91 Å². The minimum absolute atomic E-state index is 0.0817. The van der Waals surface area contributed by atoms with Crippen LogP contribution in [-0.4, -0.2) is 54.5 Å². The van der Waals surface area contributed by atoms with Crippen molar-refractivity contribution in [2.24, 2.45) is 0 Å². The minimum atomic E-state index is -4.57. The van der Waals surface area contributed by atoms with Crippen LogP contribution in [0.5, 0.6) is 0 Å². The number of nitrogens with one attached hydrogen (secondary N) is 1. The van der Waals surface area contributed by atoms with E-state index in [1.165, 1.54) is 6.07 Å². The molecular formula is C23H25ClF3N3O. The predicted octanol–water partition coefficient (Wildman–Crippen LogP) is 5.02. The van der Waals surface area contributed by atoms with Gasteiger partial charge in [-0.2, -0.15) is 13.2 Å². The normalized spacial score (nSPS) is 17.1. The lowest BCUT2D eigenvalue weighted by Gasteiger charge is -2.37. The van der Waals surface area contributed by atoms with E-state index in [0.29, 0.717) is 13.1 Å². The van der Waals surface area contributed by atoms with Crippen LogP contribution in [-0.2, 0) is 11.0 Å². The number of rotatable bonds is 6. The van der Waals surface area contributed by atoms with Crippen molar-refractivity contribution in [3.63, 3.8) is 0 Å². The molecule has 1 N–H and O–H groups in total. The highest BCUT2D eigenvalue weighted by Crippen LogP contribution is 2.36. The molecule has 0 radical (unpaired) electrons. The summed E-state index contributed by atoms with van der Waals surface area (Å²) in [5, 5.41) is 2.19. The van der Waals surface area contributed by atoms with Crippen LogP contribution in [0.15, 0.2) is 54.6 Å². The third kappa shape index (κ3) is 6.56. The van der Waals surface area contributed by atoms with Crippen molar-refractivity contribution in [2.75, 3.05) is 38.0 Å². The number of hydrogen-bond donors (Lipinski definition) is 1. The molecule has 8 heteroatoms. The Bertz CT molecular complexity index is 910. The molecule has 0 spiro atoms. The van der Waals surface area contributed by atoms with Gasteiger partial charge in [0.15, 0.2) is 0 Å². The van der Waals surface area contributed by atoms with Crippen molar-refractivity contribution in [3.8, 4) is 0 Å². The number of carbonyl (C=O) groups excluding carboxylic acids is 1. The second-order valence-electron chi connectivity index (χ2n) is 7.51. The van der Waals surface area contributed by atoms with E-state index < -0.39 is 22.8 Å². The maximum atomic E-state index is 13.0. The van der Waals surface area contributed by atoms with E-state index in [2.05, 4.69) is 22.4 Å². The number of hydrogen-bond acceptors (Lipinski definition) is 3. The molecule has 2 aromatic carbocycles. The zero-order valence-corrected chi connectivity index (χ0v) is 18.0. The van der Waals surface area contributed by atoms with Crippen molar-refractivity contribution in [2.45, 2.75) is 19.1 Å². The van der Waals surface area contributed by atoms with E-state index in [-0.39, 0.29) is 11.6 Å². The molecule has 166 valence electrons. The lowest BCUT2D eigenvalue weighted by Crippen LogP contribution is -2.52. The zero-order chi connectivity index (χ0) is 22.4. The van der Waals surface area contributed by atoms with E-state index in [1.807, 2.05) is 35.2 Å². The van der Waals surface area contributed by atoms with Crippen LogP contribution in [0.4, 0.5) is 18.9 Å². The molecule has 2 aromatic rings. The van der Waals surface area contributed by atoms with Gasteiger partial charge in [0.25, 0.3) is 0 Å². The highest BCUT2D eigenvalue weighted by atomic mass is 35.5. The molecule has 4 nitrogen and oxygen atoms in total. The van der Waals surface area contributed by atoms with Crippen LogP contribution in [0, 0.1) is 0 Å². The van der Waals surface area contributed by atoms with E-state index in [0.717, 1.165) is 37.3 Å². The van der Waals surface area contributed by atoms with E-state index in [9.17, 15) is 18.0 Å². The van der Waals surface area contributed by atoms with E-state index in [1.54, 1.807) is 6.92 Å². The highest BCUT2D eigenvalue weighted by molar-refractivity contribution is 6.31. The van der Waals surface area contributed by atoms with Crippen LogP contribution in [0.2, 0.25) is 5.02 Å². The molecule has 0 saturated carbocycles. The Morgan fingerprint density at radius 2 is 1.81 bits per heavy atom. The summed E-state index contributed by atoms with van der Waals surface area (Å²) in [6.45, 7) is 5.64. The molecule has 1 saturated heterocycles. The number of piperazine rings is 1. The van der Waals surface area contributed by atoms with Gasteiger partial charge in [-0.3, -0.25) is 14.6 Å². The van der Waals surface area contributed by atoms with Gasteiger partial charge in [0.05, 0.1) is 16.6 Å². The number of alkyl halides is 3. The Kier molecular flexibility index (Phi) is 7.75. The molecule has 1 atom stereocenters. The molecule has 1 aliphatic heterocycles. The molecule has 1 amide bonds. The number of halogens is 4. The first-order chi connectivity index (χ1) is 14.7. The monoisotopic (exact) mass is 451 g/mol. The first-order valence-electron chi connectivity index (χ1n) is 10.1. The van der Waals surface area contributed by atoms with Gasteiger partial charge in [-0.1, -0.05) is 54.1 Å². The van der Waals surface area contributed by atoms with Gasteiger partial charge < -0.3 is 5.32 Å². The second kappa shape index (κ2) is 10.3. The maximum Gasteiger partial charge on any atom is 0.417 e. The van der Waals surface area contributed by atoms with Crippen molar-refractivity contribution < 1.29 is 18.0 Å². The Morgan fingerprint density at radius 3 is 2.45 bits per heavy atom. The summed E-state index contributed by atoms with van der Waals surface area (Å²) in [7, 11) is 0. The van der Waals surface area contributed by atoms with Gasteiger partial charge in [0.1, 0.15) is 0 Å². The molecular weight excluding hydrogens is 427 g/mol. The summed E-state index contributed by atoms with van der Waals surface area (Å²) in [5.74, 6) is -0.340. The first-order valence-corrected chi connectivity index (χ1v) is 10.5. The smallest absolute Gasteiger partial charge is 0.325 e. The number of amides is 1. The number of benzene rings is 2. The van der Waals surface area contributed by atoms with Crippen molar-refractivity contribution in [3.05, 3.63) is 70.8 Å². The summed E-state index contributed by atoms with van der Waals surface area (Å²) in [6, 6.07) is 13.0. The van der Waals surface area contributed by atoms with Gasteiger partial charge in [-0.05, 0) is 30.7 Å². The van der Waals surface area contributed by atoms with Gasteiger partial charge in [0, 0.05) is 38.4 Å². The Hall–Kier alpha value is -2.35. The quantitative estimate of drug-likeness (QED) is 0.670. The topological polar surface area (TPSA) is 35.6 Å². The minimum Gasteiger partial charge on any atom is -0.325 e. The third-order valence-electron chi connectivity index (χ3n) is 5.35. The van der Waals surface area contributed by atoms with Crippen molar-refractivity contribution in [1.82, 2.24) is 9.80 Å². The molecule has 0 bridgehead atoms. The largest absolute Gasteiger partial charge is 0.417 e. The third-order valence-corrected chi connectivity index (χ3v) is 5.68. The van der Waals surface area contributed by atoms with Crippen LogP contribution < -0.4 is 5.32 Å². The summed E-state index contributed by atoms with van der Waals surface area (Å²) < 4.78 is 39.1. The Morgan fingerprint density at radius 1 is 1.13 bits per heavy atom. The Balaban J connectivity index is 1.49. The summed E-state index contributed by atoms with van der Waals surface area (Å²) in [4.78, 5) is 16.9. The number of carbonyl (C=O) groups is 1. The molecule has 3 rings (SSSR count). The number of anilines is 1. The molecule has 1 unspecified atom stereocenters. The fourth-order valence-electron chi connectivity index (χ4n) is 3.47. The zero-order valence-electron chi connectivity index (χ0n) is 17.2. The summed E-state index contributed by atoms with van der Waals surface area (Å²) in [5.41, 5.74) is 0.275. The molecule has 31 heavy (non-hydrogen) atoms. The fourth-order valence-corrected chi connectivity index (χ4v) is 3.69. The predicted molar refractivity (Wildman–Crippen MR) is 118 cm³/mol. The molecule has 1 fully saturated rings. The standard InChI is InChI=1S/C23H25ClF3N3O/c1-17(22(31)28-19-9-10-21(24)20(16-19)23(25,26)27)30-14-12-29(13-15-30)11-5-8-18-6-3-2-4-7-18/h2-10,16-17H,11-15H2,1H3,(H,28,31)/b8-5+. The van der Waals surface area contributed by atoms with E-state index >= 15 is 0 Å². The molecule has 1 heterocycles. The van der Waals surface area contributed by atoms with E-state index in [4.69, 9.17) is 11.6 Å². The number of nitrogens with zero attached hydrogens (tertiary/aromatic N) is 2. The first kappa shape index (κ1) is 23.3. The molecule has 0 aromatic heterocycles. The average molecular weight is 452 g/mol. The van der Waals surface area contributed by atoms with Crippen LogP contribution in [0.1, 0.15) is 18.1 Å². The second-order valence-corrected chi connectivity index (χ2v) is 7.91. The maximum absolute atomic E-state index is 13.0. The highest BCUT2D eigenvalue weighted by Gasteiger charge is 2.33. The SMILES string of the molecule is CC(C(=O)Nc1ccc(Cl)c(C(F)(F)F)c1)N1CCN(C/C=C/c2ccccc2)CC1. The average Bonchev–Trinajstić information content (AvgIpc) is 2.75. The van der Waals surface area contributed by atoms with Crippen molar-refractivity contribution in [1.29, 1.82) is 0 Å². The van der Waals surface area contributed by atoms with Crippen LogP contribution in [0.25, 0.3) is 6.08 Å². The van der Waals surface area contributed by atoms with Gasteiger partial charge in [-0.15, -0.1) is 0 Å². The van der Waals surface area contributed by atoms with Gasteiger partial charge in [-0.25, -0.2) is 0 Å². The summed E-state index contributed by atoms with van der Waals surface area (Å²) in [6.07, 6.45) is -0.363. The van der Waals surface area contributed by atoms with Crippen LogP contribution in [0.3, 0.4) is 0 Å². The van der Waals surface area contributed by atoms with Gasteiger partial charge >= 0.3 is 6.18 Å².